The summed E-state index contributed by atoms with van der Waals surface area (Å²) in [4.78, 5) is 25.1. The van der Waals surface area contributed by atoms with Crippen molar-refractivity contribution in [3.05, 3.63) is 59.8 Å². The second-order valence-electron chi connectivity index (χ2n) is 6.32. The molecule has 0 saturated carbocycles. The van der Waals surface area contributed by atoms with Gasteiger partial charge in [0.2, 0.25) is 11.8 Å². The van der Waals surface area contributed by atoms with Gasteiger partial charge < -0.3 is 15.4 Å². The number of hydrogen-bond donors (Lipinski definition) is 2. The van der Waals surface area contributed by atoms with Gasteiger partial charge in [-0.05, 0) is 30.3 Å². The molecular formula is C20H17ClN4O3. The van der Waals surface area contributed by atoms with E-state index in [2.05, 4.69) is 15.7 Å². The van der Waals surface area contributed by atoms with Gasteiger partial charge in [0.1, 0.15) is 17.6 Å². The van der Waals surface area contributed by atoms with Crippen molar-refractivity contribution >= 4 is 34.9 Å². The number of hydrogen-bond acceptors (Lipinski definition) is 4. The van der Waals surface area contributed by atoms with Crippen LogP contribution in [0.4, 0.5) is 11.5 Å². The number of nitrogens with zero attached hydrogens (tertiary/aromatic N) is 2. The van der Waals surface area contributed by atoms with Crippen LogP contribution in [0.3, 0.4) is 0 Å². The minimum Gasteiger partial charge on any atom is -0.496 e. The highest BCUT2D eigenvalue weighted by Crippen LogP contribution is 2.38. The fourth-order valence-electron chi connectivity index (χ4n) is 3.20. The Morgan fingerprint density at radius 1 is 1.21 bits per heavy atom. The number of rotatable bonds is 4. The highest BCUT2D eigenvalue weighted by atomic mass is 35.5. The predicted molar refractivity (Wildman–Crippen MR) is 107 cm³/mol. The van der Waals surface area contributed by atoms with E-state index in [-0.39, 0.29) is 18.2 Å². The number of methoxy groups -OCH3 is 1. The van der Waals surface area contributed by atoms with E-state index in [0.29, 0.717) is 27.8 Å². The van der Waals surface area contributed by atoms with Gasteiger partial charge in [-0.15, -0.1) is 0 Å². The molecule has 0 bridgehead atoms. The van der Waals surface area contributed by atoms with E-state index in [9.17, 15) is 9.59 Å². The van der Waals surface area contributed by atoms with Crippen LogP contribution in [0.5, 0.6) is 5.75 Å². The number of para-hydroxylation sites is 1. The molecule has 0 aliphatic carbocycles. The molecule has 28 heavy (non-hydrogen) atoms. The maximum Gasteiger partial charge on any atom is 0.249 e. The van der Waals surface area contributed by atoms with Gasteiger partial charge in [0.05, 0.1) is 19.7 Å². The Hall–Kier alpha value is -3.32. The van der Waals surface area contributed by atoms with Crippen LogP contribution in [0, 0.1) is 0 Å². The normalized spacial score (nSPS) is 15.5. The molecule has 7 nitrogen and oxygen atoms in total. The van der Waals surface area contributed by atoms with Crippen molar-refractivity contribution in [1.29, 1.82) is 0 Å². The monoisotopic (exact) mass is 396 g/mol. The summed E-state index contributed by atoms with van der Waals surface area (Å²) in [6, 6.07) is 13.4. The molecule has 0 saturated heterocycles. The first-order valence-corrected chi connectivity index (χ1v) is 9.02. The van der Waals surface area contributed by atoms with Crippen LogP contribution in [-0.2, 0) is 9.59 Å². The molecule has 4 rings (SSSR count). The second kappa shape index (κ2) is 7.36. The van der Waals surface area contributed by atoms with Crippen LogP contribution in [0.1, 0.15) is 12.5 Å². The lowest BCUT2D eigenvalue weighted by Crippen LogP contribution is -2.35. The fourth-order valence-corrected chi connectivity index (χ4v) is 3.32. The molecule has 0 radical (unpaired) electrons. The zero-order valence-electron chi connectivity index (χ0n) is 15.0. The lowest BCUT2D eigenvalue weighted by Gasteiger charge is -2.24. The van der Waals surface area contributed by atoms with Gasteiger partial charge >= 0.3 is 0 Å². The standard InChI is InChI=1S/C20H17ClN4O3/c1-28-17-5-3-2-4-14(17)15-11-22-25-16(10-18(26)24-19(15)25)20(27)23-13-8-6-12(21)7-9-13/h2-9,11,16H,10H2,1H3,(H,23,27)(H,24,26)/t16-/m0/s1. The summed E-state index contributed by atoms with van der Waals surface area (Å²) in [6.45, 7) is 0. The number of aromatic nitrogens is 2. The van der Waals surface area contributed by atoms with Crippen molar-refractivity contribution in [2.45, 2.75) is 12.5 Å². The van der Waals surface area contributed by atoms with Crippen LogP contribution in [0.2, 0.25) is 5.02 Å². The summed E-state index contributed by atoms with van der Waals surface area (Å²) < 4.78 is 6.95. The van der Waals surface area contributed by atoms with Crippen molar-refractivity contribution in [2.24, 2.45) is 0 Å². The molecule has 1 aromatic heterocycles. The molecule has 8 heteroatoms. The Morgan fingerprint density at radius 2 is 1.96 bits per heavy atom. The molecule has 1 aliphatic heterocycles. The molecule has 2 N–H and O–H groups in total. The van der Waals surface area contributed by atoms with Gasteiger partial charge in [-0.25, -0.2) is 4.68 Å². The Labute approximate surface area is 166 Å². The van der Waals surface area contributed by atoms with Gasteiger partial charge in [0, 0.05) is 21.8 Å². The zero-order valence-corrected chi connectivity index (χ0v) is 15.7. The Balaban J connectivity index is 1.68. The first-order chi connectivity index (χ1) is 13.6. The molecule has 2 amide bonds. The van der Waals surface area contributed by atoms with Crippen LogP contribution in [0.15, 0.2) is 54.7 Å². The number of amides is 2. The van der Waals surface area contributed by atoms with E-state index in [4.69, 9.17) is 16.3 Å². The van der Waals surface area contributed by atoms with Gasteiger partial charge in [0.15, 0.2) is 0 Å². The van der Waals surface area contributed by atoms with Gasteiger partial charge in [0.25, 0.3) is 0 Å². The average molecular weight is 397 g/mol. The van der Waals surface area contributed by atoms with Crippen molar-refractivity contribution in [3.8, 4) is 16.9 Å². The molecule has 3 aromatic rings. The molecule has 1 aliphatic rings. The number of benzene rings is 2. The minimum absolute atomic E-state index is 0.000528. The number of ether oxygens (including phenoxy) is 1. The average Bonchev–Trinajstić information content (AvgIpc) is 3.12. The molecule has 142 valence electrons. The van der Waals surface area contributed by atoms with Gasteiger partial charge in [-0.2, -0.15) is 5.10 Å². The van der Waals surface area contributed by atoms with E-state index in [1.807, 2.05) is 24.3 Å². The summed E-state index contributed by atoms with van der Waals surface area (Å²) in [5.74, 6) is 0.547. The summed E-state index contributed by atoms with van der Waals surface area (Å²) in [7, 11) is 1.58. The van der Waals surface area contributed by atoms with Crippen molar-refractivity contribution in [1.82, 2.24) is 9.78 Å². The number of fused-ring (bicyclic) bond motifs is 1. The summed E-state index contributed by atoms with van der Waals surface area (Å²) in [5, 5.41) is 10.6. The van der Waals surface area contributed by atoms with Crippen LogP contribution >= 0.6 is 11.6 Å². The molecule has 0 unspecified atom stereocenters. The number of anilines is 2. The molecule has 2 heterocycles. The van der Waals surface area contributed by atoms with Gasteiger partial charge in [-0.3, -0.25) is 9.59 Å². The van der Waals surface area contributed by atoms with E-state index in [1.165, 1.54) is 4.68 Å². The third-order valence-corrected chi connectivity index (χ3v) is 4.79. The summed E-state index contributed by atoms with van der Waals surface area (Å²) in [6.07, 6.45) is 1.63. The molecule has 0 fully saturated rings. The molecule has 0 spiro atoms. The highest BCUT2D eigenvalue weighted by molar-refractivity contribution is 6.30. The van der Waals surface area contributed by atoms with Crippen molar-refractivity contribution < 1.29 is 14.3 Å². The molecule has 2 aromatic carbocycles. The fraction of sp³-hybridized carbons (Fsp3) is 0.150. The number of nitrogens with one attached hydrogen (secondary N) is 2. The summed E-state index contributed by atoms with van der Waals surface area (Å²) >= 11 is 5.88. The van der Waals surface area contributed by atoms with Crippen LogP contribution < -0.4 is 15.4 Å². The largest absolute Gasteiger partial charge is 0.496 e. The SMILES string of the molecule is COc1ccccc1-c1cnn2c1NC(=O)C[C@H]2C(=O)Nc1ccc(Cl)cc1. The predicted octanol–water partition coefficient (Wildman–Crippen LogP) is 3.73. The van der Waals surface area contributed by atoms with Crippen LogP contribution in [-0.4, -0.2) is 28.7 Å². The van der Waals surface area contributed by atoms with Crippen LogP contribution in [0.25, 0.3) is 11.1 Å². The number of carbonyl (C=O) groups excluding carboxylic acids is 2. The minimum atomic E-state index is -0.761. The molecular weight excluding hydrogens is 380 g/mol. The number of halogens is 1. The van der Waals surface area contributed by atoms with E-state index in [1.54, 1.807) is 37.6 Å². The van der Waals surface area contributed by atoms with Crippen molar-refractivity contribution in [2.75, 3.05) is 17.7 Å². The Bertz CT molecular complexity index is 1050. The smallest absolute Gasteiger partial charge is 0.249 e. The summed E-state index contributed by atoms with van der Waals surface area (Å²) in [5.41, 5.74) is 2.07. The lowest BCUT2D eigenvalue weighted by atomic mass is 10.1. The highest BCUT2D eigenvalue weighted by Gasteiger charge is 2.33. The Kier molecular flexibility index (Phi) is 4.75. The van der Waals surface area contributed by atoms with E-state index >= 15 is 0 Å². The topological polar surface area (TPSA) is 85.2 Å². The quantitative estimate of drug-likeness (QED) is 0.703. The molecule has 1 atom stereocenters. The maximum absolute atomic E-state index is 12.8. The van der Waals surface area contributed by atoms with E-state index < -0.39 is 6.04 Å². The lowest BCUT2D eigenvalue weighted by molar-refractivity contribution is -0.125. The number of carbonyl (C=O) groups is 2. The second-order valence-corrected chi connectivity index (χ2v) is 6.75. The first-order valence-electron chi connectivity index (χ1n) is 8.64. The third-order valence-electron chi connectivity index (χ3n) is 4.54. The first kappa shape index (κ1) is 18.1. The van der Waals surface area contributed by atoms with E-state index in [0.717, 1.165) is 5.56 Å². The Morgan fingerprint density at radius 3 is 2.71 bits per heavy atom. The zero-order chi connectivity index (χ0) is 19.7. The maximum atomic E-state index is 12.8. The third kappa shape index (κ3) is 3.32. The van der Waals surface area contributed by atoms with Gasteiger partial charge in [-0.1, -0.05) is 29.8 Å². The van der Waals surface area contributed by atoms with Crippen molar-refractivity contribution in [3.63, 3.8) is 0 Å².